The number of allylic oxidation sites excluding steroid dienone is 1. The second-order valence-electron chi connectivity index (χ2n) is 4.45. The van der Waals surface area contributed by atoms with Crippen molar-refractivity contribution in [2.75, 3.05) is 13.2 Å². The van der Waals surface area contributed by atoms with E-state index >= 15 is 0 Å². The molecule has 4 heteroatoms. The van der Waals surface area contributed by atoms with Crippen LogP contribution in [0.15, 0.2) is 12.2 Å². The maximum Gasteiger partial charge on any atom is 0.417 e. The molecule has 0 aliphatic heterocycles. The summed E-state index contributed by atoms with van der Waals surface area (Å²) in [5.74, 6) is -1.42. The summed E-state index contributed by atoms with van der Waals surface area (Å²) < 4.78 is 9.36. The molecule has 0 bridgehead atoms. The molecule has 0 aromatic rings. The van der Waals surface area contributed by atoms with E-state index in [1.165, 1.54) is 5.57 Å². The zero-order valence-corrected chi connectivity index (χ0v) is 11.7. The van der Waals surface area contributed by atoms with E-state index in [0.29, 0.717) is 5.92 Å². The quantitative estimate of drug-likeness (QED) is 0.380. The van der Waals surface area contributed by atoms with Crippen molar-refractivity contribution in [3.8, 4) is 0 Å². The molecule has 0 aliphatic carbocycles. The van der Waals surface area contributed by atoms with Gasteiger partial charge in [0.15, 0.2) is 0 Å². The topological polar surface area (TPSA) is 52.6 Å². The molecule has 0 saturated carbocycles. The smallest absolute Gasteiger partial charge is 0.417 e. The van der Waals surface area contributed by atoms with Gasteiger partial charge in [0.2, 0.25) is 0 Å². The normalized spacial score (nSPS) is 11.7. The van der Waals surface area contributed by atoms with Gasteiger partial charge in [0.1, 0.15) is 0 Å². The molecule has 104 valence electrons. The fourth-order valence-electron chi connectivity index (χ4n) is 1.65. The lowest BCUT2D eigenvalue weighted by molar-refractivity contribution is -0.167. The van der Waals surface area contributed by atoms with Gasteiger partial charge >= 0.3 is 11.9 Å². The van der Waals surface area contributed by atoms with Crippen LogP contribution in [0.3, 0.4) is 0 Å². The molecular formula is C14H24O4. The van der Waals surface area contributed by atoms with E-state index in [1.54, 1.807) is 6.92 Å². The van der Waals surface area contributed by atoms with Crippen molar-refractivity contribution < 1.29 is 19.1 Å². The Kier molecular flexibility index (Phi) is 8.97. The van der Waals surface area contributed by atoms with E-state index in [-0.39, 0.29) is 13.2 Å². The number of hydrogen-bond acceptors (Lipinski definition) is 4. The highest BCUT2D eigenvalue weighted by molar-refractivity contribution is 6.29. The van der Waals surface area contributed by atoms with Crippen LogP contribution in [-0.2, 0) is 19.1 Å². The van der Waals surface area contributed by atoms with Crippen LogP contribution in [-0.4, -0.2) is 25.2 Å². The highest BCUT2D eigenvalue weighted by atomic mass is 16.6. The summed E-state index contributed by atoms with van der Waals surface area (Å²) in [4.78, 5) is 22.1. The molecule has 0 aliphatic rings. The van der Waals surface area contributed by atoms with E-state index in [0.717, 1.165) is 25.7 Å². The Labute approximate surface area is 109 Å². The lowest BCUT2D eigenvalue weighted by Crippen LogP contribution is -2.21. The van der Waals surface area contributed by atoms with Crippen molar-refractivity contribution in [2.45, 2.75) is 46.5 Å². The van der Waals surface area contributed by atoms with Crippen LogP contribution in [0, 0.1) is 5.92 Å². The third-order valence-electron chi connectivity index (χ3n) is 2.53. The van der Waals surface area contributed by atoms with Gasteiger partial charge in [-0.1, -0.05) is 32.4 Å². The summed E-state index contributed by atoms with van der Waals surface area (Å²) >= 11 is 0. The lowest BCUT2D eigenvalue weighted by Gasteiger charge is -2.12. The standard InChI is InChI=1S/C14H24O4/c1-5-7-11(3)10-12(4)8-9-18-14(16)13(15)17-6-2/h12H,3,5-10H2,1-2,4H3. The fraction of sp³-hybridized carbons (Fsp3) is 0.714. The van der Waals surface area contributed by atoms with Crippen LogP contribution in [0.1, 0.15) is 46.5 Å². The molecule has 0 spiro atoms. The Morgan fingerprint density at radius 2 is 1.78 bits per heavy atom. The van der Waals surface area contributed by atoms with Gasteiger partial charge in [0.25, 0.3) is 0 Å². The molecule has 0 aromatic carbocycles. The van der Waals surface area contributed by atoms with Crippen LogP contribution >= 0.6 is 0 Å². The average molecular weight is 256 g/mol. The van der Waals surface area contributed by atoms with Crippen LogP contribution in [0.5, 0.6) is 0 Å². The van der Waals surface area contributed by atoms with E-state index in [4.69, 9.17) is 4.74 Å². The number of carbonyl (C=O) groups excluding carboxylic acids is 2. The van der Waals surface area contributed by atoms with Crippen molar-refractivity contribution in [3.05, 3.63) is 12.2 Å². The number of ether oxygens (including phenoxy) is 2. The first-order chi connectivity index (χ1) is 8.51. The molecule has 0 fully saturated rings. The average Bonchev–Trinajstić information content (AvgIpc) is 2.29. The van der Waals surface area contributed by atoms with Gasteiger partial charge in [0, 0.05) is 0 Å². The third-order valence-corrected chi connectivity index (χ3v) is 2.53. The van der Waals surface area contributed by atoms with Crippen LogP contribution < -0.4 is 0 Å². The van der Waals surface area contributed by atoms with Crippen LogP contribution in [0.4, 0.5) is 0 Å². The highest BCUT2D eigenvalue weighted by Gasteiger charge is 2.16. The zero-order valence-electron chi connectivity index (χ0n) is 11.7. The van der Waals surface area contributed by atoms with Gasteiger partial charge in [-0.25, -0.2) is 9.59 Å². The maximum atomic E-state index is 11.1. The molecular weight excluding hydrogens is 232 g/mol. The Morgan fingerprint density at radius 3 is 2.33 bits per heavy atom. The fourth-order valence-corrected chi connectivity index (χ4v) is 1.65. The monoisotopic (exact) mass is 256 g/mol. The van der Waals surface area contributed by atoms with Crippen LogP contribution in [0.25, 0.3) is 0 Å². The minimum Gasteiger partial charge on any atom is -0.458 e. The number of esters is 2. The molecule has 0 rings (SSSR count). The van der Waals surface area contributed by atoms with Gasteiger partial charge in [0.05, 0.1) is 13.2 Å². The predicted octanol–water partition coefficient (Wildman–Crippen LogP) is 2.87. The Morgan fingerprint density at radius 1 is 1.17 bits per heavy atom. The molecule has 1 atom stereocenters. The van der Waals surface area contributed by atoms with Gasteiger partial charge in [-0.05, 0) is 32.1 Å². The Hall–Kier alpha value is -1.32. The molecule has 0 heterocycles. The molecule has 0 aromatic heterocycles. The zero-order chi connectivity index (χ0) is 14.0. The molecule has 0 radical (unpaired) electrons. The Balaban J connectivity index is 3.73. The number of hydrogen-bond donors (Lipinski definition) is 0. The van der Waals surface area contributed by atoms with Gasteiger partial charge in [-0.3, -0.25) is 0 Å². The molecule has 4 nitrogen and oxygen atoms in total. The van der Waals surface area contributed by atoms with Crippen molar-refractivity contribution in [1.82, 2.24) is 0 Å². The minimum atomic E-state index is -0.916. The first kappa shape index (κ1) is 16.7. The lowest BCUT2D eigenvalue weighted by atomic mass is 9.97. The summed E-state index contributed by atoms with van der Waals surface area (Å²) in [5, 5.41) is 0. The van der Waals surface area contributed by atoms with Gasteiger partial charge in [-0.2, -0.15) is 0 Å². The van der Waals surface area contributed by atoms with Crippen molar-refractivity contribution in [2.24, 2.45) is 5.92 Å². The summed E-state index contributed by atoms with van der Waals surface area (Å²) in [7, 11) is 0. The molecule has 18 heavy (non-hydrogen) atoms. The maximum absolute atomic E-state index is 11.1. The van der Waals surface area contributed by atoms with E-state index < -0.39 is 11.9 Å². The second kappa shape index (κ2) is 9.68. The van der Waals surface area contributed by atoms with E-state index in [1.807, 2.05) is 0 Å². The first-order valence-corrected chi connectivity index (χ1v) is 6.51. The van der Waals surface area contributed by atoms with Crippen molar-refractivity contribution in [1.29, 1.82) is 0 Å². The van der Waals surface area contributed by atoms with Gasteiger partial charge < -0.3 is 9.47 Å². The molecule has 1 unspecified atom stereocenters. The first-order valence-electron chi connectivity index (χ1n) is 6.51. The summed E-state index contributed by atoms with van der Waals surface area (Å²) in [6, 6.07) is 0. The van der Waals surface area contributed by atoms with Crippen LogP contribution in [0.2, 0.25) is 0 Å². The minimum absolute atomic E-state index is 0.182. The largest absolute Gasteiger partial charge is 0.458 e. The second-order valence-corrected chi connectivity index (χ2v) is 4.45. The summed E-state index contributed by atoms with van der Waals surface area (Å²) in [5.41, 5.74) is 1.22. The molecule has 0 amide bonds. The molecule has 0 saturated heterocycles. The number of carbonyl (C=O) groups is 2. The summed E-state index contributed by atoms with van der Waals surface area (Å²) in [6.07, 6.45) is 3.80. The number of rotatable bonds is 8. The highest BCUT2D eigenvalue weighted by Crippen LogP contribution is 2.17. The summed E-state index contributed by atoms with van der Waals surface area (Å²) in [6.45, 7) is 10.3. The van der Waals surface area contributed by atoms with Crippen molar-refractivity contribution >= 4 is 11.9 Å². The molecule has 0 N–H and O–H groups in total. The predicted molar refractivity (Wildman–Crippen MR) is 70.0 cm³/mol. The Bertz CT molecular complexity index is 284. The third kappa shape index (κ3) is 7.87. The van der Waals surface area contributed by atoms with Crippen molar-refractivity contribution in [3.63, 3.8) is 0 Å². The SMILES string of the molecule is C=C(CCC)CC(C)CCOC(=O)C(=O)OCC. The van der Waals surface area contributed by atoms with Gasteiger partial charge in [-0.15, -0.1) is 0 Å². The van der Waals surface area contributed by atoms with E-state index in [9.17, 15) is 9.59 Å². The van der Waals surface area contributed by atoms with E-state index in [2.05, 4.69) is 25.2 Å².